The summed E-state index contributed by atoms with van der Waals surface area (Å²) in [4.78, 5) is 11.4. The molecule has 3 nitrogen and oxygen atoms in total. The standard InChI is InChI=1S/C15H21NO2/c1-5-18-15(17)12(4)10-16-14-9-7-6-8-13(14)11(2)3/h6-9,11,16H,4-5,10H2,1-3H3. The van der Waals surface area contributed by atoms with E-state index in [0.717, 1.165) is 5.69 Å². The number of hydrogen-bond donors (Lipinski definition) is 1. The molecule has 18 heavy (non-hydrogen) atoms. The average molecular weight is 247 g/mol. The molecule has 0 aliphatic rings. The molecular weight excluding hydrogens is 226 g/mol. The molecule has 0 aliphatic heterocycles. The first-order valence-electron chi connectivity index (χ1n) is 6.24. The van der Waals surface area contributed by atoms with E-state index >= 15 is 0 Å². The molecule has 0 heterocycles. The maximum absolute atomic E-state index is 11.4. The van der Waals surface area contributed by atoms with Crippen molar-refractivity contribution in [2.24, 2.45) is 0 Å². The van der Waals surface area contributed by atoms with Crippen LogP contribution in [0.5, 0.6) is 0 Å². The van der Waals surface area contributed by atoms with Crippen LogP contribution in [0, 0.1) is 0 Å². The van der Waals surface area contributed by atoms with Crippen LogP contribution in [0.15, 0.2) is 36.4 Å². The van der Waals surface area contributed by atoms with E-state index in [1.165, 1.54) is 5.56 Å². The Bertz CT molecular complexity index is 424. The van der Waals surface area contributed by atoms with E-state index < -0.39 is 0 Å². The molecule has 0 saturated heterocycles. The predicted molar refractivity (Wildman–Crippen MR) is 74.8 cm³/mol. The monoisotopic (exact) mass is 247 g/mol. The largest absolute Gasteiger partial charge is 0.463 e. The van der Waals surface area contributed by atoms with Crippen LogP contribution in [0.25, 0.3) is 0 Å². The number of ether oxygens (including phenoxy) is 1. The van der Waals surface area contributed by atoms with E-state index in [2.05, 4.69) is 31.8 Å². The van der Waals surface area contributed by atoms with E-state index in [9.17, 15) is 4.79 Å². The first-order valence-corrected chi connectivity index (χ1v) is 6.24. The third-order valence-electron chi connectivity index (χ3n) is 2.64. The Morgan fingerprint density at radius 2 is 2.06 bits per heavy atom. The van der Waals surface area contributed by atoms with Crippen LogP contribution in [-0.4, -0.2) is 19.1 Å². The third-order valence-corrected chi connectivity index (χ3v) is 2.64. The van der Waals surface area contributed by atoms with Crippen molar-refractivity contribution in [3.8, 4) is 0 Å². The van der Waals surface area contributed by atoms with Gasteiger partial charge in [-0.05, 0) is 24.5 Å². The smallest absolute Gasteiger partial charge is 0.335 e. The summed E-state index contributed by atoms with van der Waals surface area (Å²) in [6.45, 7) is 10.6. The van der Waals surface area contributed by atoms with Gasteiger partial charge in [-0.25, -0.2) is 4.79 Å². The van der Waals surface area contributed by atoms with Crippen LogP contribution in [0.3, 0.4) is 0 Å². The van der Waals surface area contributed by atoms with Crippen LogP contribution in [0.4, 0.5) is 5.69 Å². The summed E-state index contributed by atoms with van der Waals surface area (Å²) in [5.74, 6) is 0.0941. The van der Waals surface area contributed by atoms with Crippen molar-refractivity contribution in [1.29, 1.82) is 0 Å². The Hall–Kier alpha value is -1.77. The fourth-order valence-electron chi connectivity index (χ4n) is 1.67. The molecule has 98 valence electrons. The summed E-state index contributed by atoms with van der Waals surface area (Å²) >= 11 is 0. The normalized spacial score (nSPS) is 10.2. The van der Waals surface area contributed by atoms with Crippen molar-refractivity contribution >= 4 is 11.7 Å². The van der Waals surface area contributed by atoms with Crippen molar-refractivity contribution in [1.82, 2.24) is 0 Å². The minimum atomic E-state index is -0.341. The number of rotatable bonds is 6. The van der Waals surface area contributed by atoms with E-state index in [1.54, 1.807) is 6.92 Å². The lowest BCUT2D eigenvalue weighted by atomic mass is 10.0. The number of benzene rings is 1. The summed E-state index contributed by atoms with van der Waals surface area (Å²) in [6, 6.07) is 8.08. The Morgan fingerprint density at radius 3 is 2.67 bits per heavy atom. The first kappa shape index (κ1) is 14.3. The number of hydrogen-bond acceptors (Lipinski definition) is 3. The Balaban J connectivity index is 2.64. The Morgan fingerprint density at radius 1 is 1.39 bits per heavy atom. The van der Waals surface area contributed by atoms with Crippen LogP contribution in [0.1, 0.15) is 32.3 Å². The zero-order valence-electron chi connectivity index (χ0n) is 11.3. The van der Waals surface area contributed by atoms with Gasteiger partial charge in [0.2, 0.25) is 0 Å². The lowest BCUT2D eigenvalue weighted by molar-refractivity contribution is -0.138. The number of nitrogens with one attached hydrogen (secondary N) is 1. The maximum atomic E-state index is 11.4. The van der Waals surface area contributed by atoms with E-state index in [-0.39, 0.29) is 5.97 Å². The van der Waals surface area contributed by atoms with Crippen molar-refractivity contribution in [3.63, 3.8) is 0 Å². The molecule has 0 fully saturated rings. The molecule has 1 aromatic carbocycles. The van der Waals surface area contributed by atoms with E-state index in [0.29, 0.717) is 24.6 Å². The van der Waals surface area contributed by atoms with Crippen LogP contribution in [-0.2, 0) is 9.53 Å². The first-order chi connectivity index (χ1) is 8.56. The van der Waals surface area contributed by atoms with Gasteiger partial charge >= 0.3 is 5.97 Å². The fourth-order valence-corrected chi connectivity index (χ4v) is 1.67. The number of carbonyl (C=O) groups is 1. The molecule has 0 bridgehead atoms. The molecule has 0 aliphatic carbocycles. The van der Waals surface area contributed by atoms with Gasteiger partial charge in [0.25, 0.3) is 0 Å². The predicted octanol–water partition coefficient (Wildman–Crippen LogP) is 3.34. The average Bonchev–Trinajstić information content (AvgIpc) is 2.36. The molecule has 1 rings (SSSR count). The number of esters is 1. The minimum Gasteiger partial charge on any atom is -0.463 e. The molecule has 0 amide bonds. The second-order valence-corrected chi connectivity index (χ2v) is 4.42. The van der Waals surface area contributed by atoms with Gasteiger partial charge in [-0.2, -0.15) is 0 Å². The molecule has 1 N–H and O–H groups in total. The molecule has 0 radical (unpaired) electrons. The molecule has 0 atom stereocenters. The Kier molecular flexibility index (Phi) is 5.43. The molecule has 0 aromatic heterocycles. The minimum absolute atomic E-state index is 0.341. The highest BCUT2D eigenvalue weighted by atomic mass is 16.5. The van der Waals surface area contributed by atoms with Crippen LogP contribution < -0.4 is 5.32 Å². The van der Waals surface area contributed by atoms with Gasteiger partial charge in [-0.15, -0.1) is 0 Å². The highest BCUT2D eigenvalue weighted by molar-refractivity contribution is 5.88. The zero-order valence-corrected chi connectivity index (χ0v) is 11.3. The van der Waals surface area contributed by atoms with Gasteiger partial charge in [0, 0.05) is 17.8 Å². The lowest BCUT2D eigenvalue weighted by Gasteiger charge is -2.15. The van der Waals surface area contributed by atoms with Crippen molar-refractivity contribution in [2.75, 3.05) is 18.5 Å². The molecular formula is C15H21NO2. The van der Waals surface area contributed by atoms with Gasteiger partial charge in [0.15, 0.2) is 0 Å². The summed E-state index contributed by atoms with van der Waals surface area (Å²) in [6.07, 6.45) is 0. The quantitative estimate of drug-likeness (QED) is 0.619. The molecule has 0 saturated carbocycles. The number of carbonyl (C=O) groups excluding carboxylic acids is 1. The number of anilines is 1. The number of para-hydroxylation sites is 1. The summed E-state index contributed by atoms with van der Waals surface area (Å²) in [5.41, 5.74) is 2.71. The third kappa shape index (κ3) is 3.91. The van der Waals surface area contributed by atoms with E-state index in [4.69, 9.17) is 4.74 Å². The molecule has 1 aromatic rings. The van der Waals surface area contributed by atoms with E-state index in [1.807, 2.05) is 18.2 Å². The lowest BCUT2D eigenvalue weighted by Crippen LogP contribution is -2.15. The highest BCUT2D eigenvalue weighted by Crippen LogP contribution is 2.23. The maximum Gasteiger partial charge on any atom is 0.335 e. The SMILES string of the molecule is C=C(CNc1ccccc1C(C)C)C(=O)OCC. The van der Waals surface area contributed by atoms with Gasteiger partial charge in [-0.3, -0.25) is 0 Å². The summed E-state index contributed by atoms with van der Waals surface area (Å²) < 4.78 is 4.89. The van der Waals surface area contributed by atoms with Gasteiger partial charge in [-0.1, -0.05) is 38.6 Å². The van der Waals surface area contributed by atoms with Crippen LogP contribution >= 0.6 is 0 Å². The topological polar surface area (TPSA) is 38.3 Å². The summed E-state index contributed by atoms with van der Waals surface area (Å²) in [5, 5.41) is 3.23. The van der Waals surface area contributed by atoms with Crippen molar-refractivity contribution < 1.29 is 9.53 Å². The molecule has 0 unspecified atom stereocenters. The fraction of sp³-hybridized carbons (Fsp3) is 0.400. The second kappa shape index (κ2) is 6.84. The Labute approximate surface area is 109 Å². The second-order valence-electron chi connectivity index (χ2n) is 4.42. The molecule has 0 spiro atoms. The van der Waals surface area contributed by atoms with Gasteiger partial charge in [0.1, 0.15) is 0 Å². The van der Waals surface area contributed by atoms with Crippen molar-refractivity contribution in [3.05, 3.63) is 42.0 Å². The summed E-state index contributed by atoms with van der Waals surface area (Å²) in [7, 11) is 0. The van der Waals surface area contributed by atoms with Gasteiger partial charge in [0.05, 0.1) is 6.61 Å². The van der Waals surface area contributed by atoms with Gasteiger partial charge < -0.3 is 10.1 Å². The highest BCUT2D eigenvalue weighted by Gasteiger charge is 2.09. The van der Waals surface area contributed by atoms with Crippen LogP contribution in [0.2, 0.25) is 0 Å². The molecule has 3 heteroatoms. The van der Waals surface area contributed by atoms with Crippen molar-refractivity contribution in [2.45, 2.75) is 26.7 Å². The zero-order chi connectivity index (χ0) is 13.5.